The summed E-state index contributed by atoms with van der Waals surface area (Å²) in [6.07, 6.45) is 10.7. The molecule has 1 aromatic rings. The van der Waals surface area contributed by atoms with Crippen LogP contribution in [0, 0.1) is 0 Å². The van der Waals surface area contributed by atoms with E-state index in [1.54, 1.807) is 0 Å². The standard InChI is InChI=1S/C13H16/c1-2-3-4-5-7-10-13-11-8-6-9-12-13/h2-6,8-9,11-12H,7,10H2,1H3/b3-2-,5-4+. The number of rotatable bonds is 4. The summed E-state index contributed by atoms with van der Waals surface area (Å²) in [7, 11) is 0. The van der Waals surface area contributed by atoms with E-state index in [2.05, 4.69) is 48.6 Å². The fraction of sp³-hybridized carbons (Fsp3) is 0.231. The molecule has 0 nitrogen and oxygen atoms in total. The first-order valence-corrected chi connectivity index (χ1v) is 4.75. The van der Waals surface area contributed by atoms with Gasteiger partial charge in [-0.25, -0.2) is 0 Å². The van der Waals surface area contributed by atoms with Crippen LogP contribution in [0.3, 0.4) is 0 Å². The predicted molar refractivity (Wildman–Crippen MR) is 58.7 cm³/mol. The van der Waals surface area contributed by atoms with Gasteiger partial charge in [0.15, 0.2) is 0 Å². The lowest BCUT2D eigenvalue weighted by Crippen LogP contribution is -1.80. The van der Waals surface area contributed by atoms with Crippen LogP contribution < -0.4 is 0 Å². The average molecular weight is 172 g/mol. The van der Waals surface area contributed by atoms with Gasteiger partial charge in [-0.05, 0) is 25.3 Å². The van der Waals surface area contributed by atoms with Gasteiger partial charge in [0.05, 0.1) is 0 Å². The summed E-state index contributed by atoms with van der Waals surface area (Å²) in [4.78, 5) is 0. The number of hydrogen-bond acceptors (Lipinski definition) is 0. The van der Waals surface area contributed by atoms with E-state index < -0.39 is 0 Å². The molecule has 0 aliphatic carbocycles. The Bertz CT molecular complexity index is 267. The highest BCUT2D eigenvalue weighted by atomic mass is 13.9. The Morgan fingerprint density at radius 3 is 2.54 bits per heavy atom. The first-order chi connectivity index (χ1) is 6.43. The van der Waals surface area contributed by atoms with Crippen molar-refractivity contribution in [3.8, 4) is 0 Å². The molecule has 0 saturated carbocycles. The minimum atomic E-state index is 1.12. The molecular formula is C13H16. The summed E-state index contributed by atoms with van der Waals surface area (Å²) in [5.41, 5.74) is 1.41. The van der Waals surface area contributed by atoms with Crippen molar-refractivity contribution in [3.63, 3.8) is 0 Å². The minimum absolute atomic E-state index is 1.12. The van der Waals surface area contributed by atoms with Gasteiger partial charge in [-0.3, -0.25) is 0 Å². The summed E-state index contributed by atoms with van der Waals surface area (Å²) < 4.78 is 0. The van der Waals surface area contributed by atoms with Crippen molar-refractivity contribution in [2.45, 2.75) is 19.8 Å². The van der Waals surface area contributed by atoms with Gasteiger partial charge in [0, 0.05) is 0 Å². The van der Waals surface area contributed by atoms with Crippen molar-refractivity contribution < 1.29 is 0 Å². The molecular weight excluding hydrogens is 156 g/mol. The Labute approximate surface area is 80.6 Å². The van der Waals surface area contributed by atoms with Gasteiger partial charge in [0.1, 0.15) is 0 Å². The second-order valence-electron chi connectivity index (χ2n) is 2.98. The molecule has 0 heterocycles. The van der Waals surface area contributed by atoms with Gasteiger partial charge in [-0.15, -0.1) is 0 Å². The Morgan fingerprint density at radius 2 is 1.85 bits per heavy atom. The first-order valence-electron chi connectivity index (χ1n) is 4.75. The summed E-state index contributed by atoms with van der Waals surface area (Å²) in [5, 5.41) is 0. The van der Waals surface area contributed by atoms with E-state index in [1.807, 2.05) is 13.0 Å². The molecule has 0 unspecified atom stereocenters. The summed E-state index contributed by atoms with van der Waals surface area (Å²) in [5.74, 6) is 0. The number of aryl methyl sites for hydroxylation is 1. The highest BCUT2D eigenvalue weighted by Crippen LogP contribution is 2.02. The Hall–Kier alpha value is -1.30. The van der Waals surface area contributed by atoms with Crippen molar-refractivity contribution in [2.24, 2.45) is 0 Å². The van der Waals surface area contributed by atoms with Crippen molar-refractivity contribution in [2.75, 3.05) is 0 Å². The van der Waals surface area contributed by atoms with Gasteiger partial charge in [-0.2, -0.15) is 0 Å². The maximum absolute atomic E-state index is 2.20. The number of allylic oxidation sites excluding steroid dienone is 4. The Kier molecular flexibility index (Phi) is 4.70. The number of hydrogen-bond donors (Lipinski definition) is 0. The zero-order valence-corrected chi connectivity index (χ0v) is 8.11. The molecule has 0 bridgehead atoms. The molecule has 0 heteroatoms. The fourth-order valence-electron chi connectivity index (χ4n) is 1.18. The van der Waals surface area contributed by atoms with Gasteiger partial charge in [-0.1, -0.05) is 54.6 Å². The van der Waals surface area contributed by atoms with E-state index in [4.69, 9.17) is 0 Å². The lowest BCUT2D eigenvalue weighted by molar-refractivity contribution is 1.00. The van der Waals surface area contributed by atoms with Gasteiger partial charge in [0.25, 0.3) is 0 Å². The molecule has 0 amide bonds. The third-order valence-electron chi connectivity index (χ3n) is 1.88. The SMILES string of the molecule is C/C=C\C=C\CCc1ccccc1. The molecule has 0 saturated heterocycles. The monoisotopic (exact) mass is 172 g/mol. The molecule has 0 atom stereocenters. The fourth-order valence-corrected chi connectivity index (χ4v) is 1.18. The van der Waals surface area contributed by atoms with Crippen LogP contribution in [0.15, 0.2) is 54.6 Å². The quantitative estimate of drug-likeness (QED) is 0.607. The number of benzene rings is 1. The largest absolute Gasteiger partial charge is 0.0877 e. The van der Waals surface area contributed by atoms with E-state index >= 15 is 0 Å². The average Bonchev–Trinajstić information content (AvgIpc) is 2.19. The third kappa shape index (κ3) is 4.32. The molecule has 0 N–H and O–H groups in total. The lowest BCUT2D eigenvalue weighted by Gasteiger charge is -1.95. The normalized spacial score (nSPS) is 11.5. The van der Waals surface area contributed by atoms with Crippen LogP contribution in [-0.4, -0.2) is 0 Å². The molecule has 0 aromatic heterocycles. The maximum Gasteiger partial charge on any atom is -0.0244 e. The highest BCUT2D eigenvalue weighted by Gasteiger charge is 1.86. The third-order valence-corrected chi connectivity index (χ3v) is 1.88. The van der Waals surface area contributed by atoms with Crippen LogP contribution in [0.25, 0.3) is 0 Å². The van der Waals surface area contributed by atoms with Crippen LogP contribution in [0.4, 0.5) is 0 Å². The van der Waals surface area contributed by atoms with Gasteiger partial charge >= 0.3 is 0 Å². The van der Waals surface area contributed by atoms with E-state index in [0.29, 0.717) is 0 Å². The van der Waals surface area contributed by atoms with Gasteiger partial charge < -0.3 is 0 Å². The molecule has 0 aliphatic rings. The summed E-state index contributed by atoms with van der Waals surface area (Å²) in [6.45, 7) is 2.03. The zero-order valence-electron chi connectivity index (χ0n) is 8.11. The maximum atomic E-state index is 2.20. The molecule has 0 spiro atoms. The molecule has 68 valence electrons. The second-order valence-corrected chi connectivity index (χ2v) is 2.98. The van der Waals surface area contributed by atoms with Crippen LogP contribution in [0.5, 0.6) is 0 Å². The van der Waals surface area contributed by atoms with Gasteiger partial charge in [0.2, 0.25) is 0 Å². The lowest BCUT2D eigenvalue weighted by atomic mass is 10.1. The smallest absolute Gasteiger partial charge is 0.0244 e. The van der Waals surface area contributed by atoms with E-state index in [9.17, 15) is 0 Å². The van der Waals surface area contributed by atoms with E-state index in [1.165, 1.54) is 5.56 Å². The first kappa shape index (κ1) is 9.79. The summed E-state index contributed by atoms with van der Waals surface area (Å²) >= 11 is 0. The van der Waals surface area contributed by atoms with Crippen molar-refractivity contribution in [1.29, 1.82) is 0 Å². The molecule has 0 radical (unpaired) electrons. The van der Waals surface area contributed by atoms with Crippen LogP contribution in [0.2, 0.25) is 0 Å². The molecule has 0 aliphatic heterocycles. The molecule has 1 rings (SSSR count). The molecule has 13 heavy (non-hydrogen) atoms. The van der Waals surface area contributed by atoms with Crippen molar-refractivity contribution in [3.05, 3.63) is 60.2 Å². The van der Waals surface area contributed by atoms with Crippen LogP contribution >= 0.6 is 0 Å². The van der Waals surface area contributed by atoms with Crippen LogP contribution in [0.1, 0.15) is 18.9 Å². The Balaban J connectivity index is 2.28. The summed E-state index contributed by atoms with van der Waals surface area (Å²) in [6, 6.07) is 10.6. The molecule has 0 fully saturated rings. The van der Waals surface area contributed by atoms with Crippen LogP contribution in [-0.2, 0) is 6.42 Å². The predicted octanol–water partition coefficient (Wildman–Crippen LogP) is 3.75. The molecule has 1 aromatic carbocycles. The van der Waals surface area contributed by atoms with Crippen molar-refractivity contribution in [1.82, 2.24) is 0 Å². The topological polar surface area (TPSA) is 0 Å². The van der Waals surface area contributed by atoms with E-state index in [-0.39, 0.29) is 0 Å². The zero-order chi connectivity index (χ0) is 9.36. The van der Waals surface area contributed by atoms with Crippen molar-refractivity contribution >= 4 is 0 Å². The second kappa shape index (κ2) is 6.24. The Morgan fingerprint density at radius 1 is 1.08 bits per heavy atom. The van der Waals surface area contributed by atoms with E-state index in [0.717, 1.165) is 12.8 Å². The highest BCUT2D eigenvalue weighted by molar-refractivity contribution is 5.15. The minimum Gasteiger partial charge on any atom is -0.0877 e.